The molecule has 1 aromatic carbocycles. The summed E-state index contributed by atoms with van der Waals surface area (Å²) in [6.45, 7) is 0. The van der Waals surface area contributed by atoms with Crippen LogP contribution < -0.4 is 0 Å². The van der Waals surface area contributed by atoms with Crippen molar-refractivity contribution < 1.29 is 18.3 Å². The van der Waals surface area contributed by atoms with Crippen LogP contribution in [-0.4, -0.2) is 23.3 Å². The molecule has 0 spiro atoms. The third-order valence-corrected chi connectivity index (χ3v) is 2.50. The first-order valence-corrected chi connectivity index (χ1v) is 4.82. The van der Waals surface area contributed by atoms with Gasteiger partial charge in [-0.25, -0.2) is 13.6 Å². The number of hydrogen-bond acceptors (Lipinski definition) is 4. The Morgan fingerprint density at radius 1 is 1.29 bits per heavy atom. The fourth-order valence-electron chi connectivity index (χ4n) is 1.34. The second kappa shape index (κ2) is 4.21. The lowest BCUT2D eigenvalue weighted by Gasteiger charge is -2.05. The zero-order valence-electron chi connectivity index (χ0n) is 8.50. The molecule has 0 amide bonds. The summed E-state index contributed by atoms with van der Waals surface area (Å²) in [7, 11) is 1.12. The highest BCUT2D eigenvalue weighted by molar-refractivity contribution is 6.37. The second-order valence-electron chi connectivity index (χ2n) is 3.11. The Balaban J connectivity index is 2.84. The molecule has 0 atom stereocenters. The van der Waals surface area contributed by atoms with E-state index in [1.165, 1.54) is 0 Å². The van der Waals surface area contributed by atoms with Crippen molar-refractivity contribution in [3.63, 3.8) is 0 Å². The number of benzene rings is 1. The van der Waals surface area contributed by atoms with Crippen molar-refractivity contribution in [1.82, 2.24) is 10.2 Å². The maximum Gasteiger partial charge on any atom is 0.360 e. The zero-order chi connectivity index (χ0) is 12.6. The molecule has 2 aromatic rings. The highest BCUT2D eigenvalue weighted by atomic mass is 35.5. The Morgan fingerprint density at radius 2 is 1.94 bits per heavy atom. The molecule has 0 N–H and O–H groups in total. The Morgan fingerprint density at radius 3 is 2.59 bits per heavy atom. The normalized spacial score (nSPS) is 10.6. The number of hydrogen-bond donors (Lipinski definition) is 0. The van der Waals surface area contributed by atoms with Crippen LogP contribution in [0.2, 0.25) is 5.02 Å². The average Bonchev–Trinajstić information content (AvgIpc) is 2.33. The van der Waals surface area contributed by atoms with E-state index in [0.717, 1.165) is 19.2 Å². The van der Waals surface area contributed by atoms with Crippen molar-refractivity contribution in [2.45, 2.75) is 0 Å². The van der Waals surface area contributed by atoms with Gasteiger partial charge in [0.15, 0.2) is 11.5 Å². The monoisotopic (exact) mass is 258 g/mol. The molecule has 7 heteroatoms. The Bertz CT molecular complexity index is 619. The lowest BCUT2D eigenvalue weighted by Crippen LogP contribution is -2.08. The van der Waals surface area contributed by atoms with E-state index in [-0.39, 0.29) is 21.6 Å². The van der Waals surface area contributed by atoms with Gasteiger partial charge in [-0.05, 0) is 12.1 Å². The molecule has 0 bridgehead atoms. The van der Waals surface area contributed by atoms with Crippen molar-refractivity contribution >= 4 is 28.5 Å². The van der Waals surface area contributed by atoms with Gasteiger partial charge >= 0.3 is 5.97 Å². The first-order valence-electron chi connectivity index (χ1n) is 4.44. The first kappa shape index (κ1) is 11.7. The van der Waals surface area contributed by atoms with Crippen molar-refractivity contribution in [1.29, 1.82) is 0 Å². The second-order valence-corrected chi connectivity index (χ2v) is 3.48. The molecule has 0 fully saturated rings. The number of fused-ring (bicyclic) bond motifs is 1. The van der Waals surface area contributed by atoms with Crippen LogP contribution in [0, 0.1) is 11.6 Å². The van der Waals surface area contributed by atoms with Gasteiger partial charge in [0, 0.05) is 0 Å². The summed E-state index contributed by atoms with van der Waals surface area (Å²) < 4.78 is 31.2. The molecule has 0 aliphatic carbocycles. The molecule has 0 unspecified atom stereocenters. The van der Waals surface area contributed by atoms with Crippen LogP contribution in [0.1, 0.15) is 10.5 Å². The molecule has 0 saturated carbocycles. The van der Waals surface area contributed by atoms with Crippen LogP contribution in [0.25, 0.3) is 10.9 Å². The molecule has 1 heterocycles. The van der Waals surface area contributed by atoms with Gasteiger partial charge < -0.3 is 4.74 Å². The highest BCUT2D eigenvalue weighted by Crippen LogP contribution is 2.28. The van der Waals surface area contributed by atoms with Gasteiger partial charge in [0.05, 0.1) is 17.5 Å². The Labute approximate surface area is 99.2 Å². The molecule has 0 radical (unpaired) electrons. The molecule has 4 nitrogen and oxygen atoms in total. The van der Waals surface area contributed by atoms with E-state index in [1.807, 2.05) is 0 Å². The van der Waals surface area contributed by atoms with Crippen LogP contribution in [0.15, 0.2) is 12.1 Å². The number of carbonyl (C=O) groups is 1. The summed E-state index contributed by atoms with van der Waals surface area (Å²) in [5, 5.41) is 6.23. The lowest BCUT2D eigenvalue weighted by molar-refractivity contribution is 0.0593. The van der Waals surface area contributed by atoms with Crippen LogP contribution >= 0.6 is 11.6 Å². The number of rotatable bonds is 1. The van der Waals surface area contributed by atoms with E-state index in [9.17, 15) is 13.6 Å². The number of esters is 1. The molecule has 1 aromatic heterocycles. The highest BCUT2D eigenvalue weighted by Gasteiger charge is 2.20. The molecule has 0 aliphatic heterocycles. The largest absolute Gasteiger partial charge is 0.464 e. The van der Waals surface area contributed by atoms with Crippen LogP contribution in [0.5, 0.6) is 0 Å². The molecule has 0 aliphatic rings. The van der Waals surface area contributed by atoms with Crippen molar-refractivity contribution in [2.24, 2.45) is 0 Å². The third kappa shape index (κ3) is 1.80. The van der Waals surface area contributed by atoms with E-state index in [0.29, 0.717) is 0 Å². The third-order valence-electron chi connectivity index (χ3n) is 2.13. The van der Waals surface area contributed by atoms with Gasteiger partial charge in [0.25, 0.3) is 0 Å². The Hall–Kier alpha value is -1.82. The van der Waals surface area contributed by atoms with Crippen LogP contribution in [-0.2, 0) is 4.74 Å². The molecule has 17 heavy (non-hydrogen) atoms. The van der Waals surface area contributed by atoms with E-state index < -0.39 is 17.6 Å². The van der Waals surface area contributed by atoms with Gasteiger partial charge in [-0.15, -0.1) is 10.2 Å². The summed E-state index contributed by atoms with van der Waals surface area (Å²) >= 11 is 5.78. The zero-order valence-corrected chi connectivity index (χ0v) is 9.26. The van der Waals surface area contributed by atoms with Crippen molar-refractivity contribution in [2.75, 3.05) is 7.11 Å². The fraction of sp³-hybridized carbons (Fsp3) is 0.100. The summed E-state index contributed by atoms with van der Waals surface area (Å²) in [5.74, 6) is -2.42. The fourth-order valence-corrected chi connectivity index (χ4v) is 1.63. The van der Waals surface area contributed by atoms with Crippen LogP contribution in [0.4, 0.5) is 8.78 Å². The van der Waals surface area contributed by atoms with Gasteiger partial charge in [0.1, 0.15) is 11.3 Å². The molecule has 0 saturated heterocycles. The summed E-state index contributed by atoms with van der Waals surface area (Å²) in [5.41, 5.74) is -0.686. The first-order chi connectivity index (χ1) is 8.06. The van der Waals surface area contributed by atoms with E-state index >= 15 is 0 Å². The SMILES string of the molecule is COC(=O)c1nnc2c(F)ccc(F)c2c1Cl. The van der Waals surface area contributed by atoms with Gasteiger partial charge in [-0.3, -0.25) is 0 Å². The standard InChI is InChI=1S/C10H5ClF2N2O2/c1-17-10(16)9-7(11)6-4(12)2-3-5(13)8(6)14-15-9/h2-3H,1H3. The summed E-state index contributed by atoms with van der Waals surface area (Å²) in [6.07, 6.45) is 0. The number of nitrogens with zero attached hydrogens (tertiary/aromatic N) is 2. The number of halogens is 3. The number of aromatic nitrogens is 2. The maximum absolute atomic E-state index is 13.5. The minimum Gasteiger partial charge on any atom is -0.464 e. The molecular formula is C10H5ClF2N2O2. The lowest BCUT2D eigenvalue weighted by atomic mass is 10.2. The summed E-state index contributed by atoms with van der Waals surface area (Å²) in [6, 6.07) is 1.80. The molecule has 88 valence electrons. The molecular weight excluding hydrogens is 254 g/mol. The predicted molar refractivity (Wildman–Crippen MR) is 55.8 cm³/mol. The van der Waals surface area contributed by atoms with E-state index in [4.69, 9.17) is 11.6 Å². The topological polar surface area (TPSA) is 52.1 Å². The van der Waals surface area contributed by atoms with Crippen molar-refractivity contribution in [3.05, 3.63) is 34.5 Å². The number of methoxy groups -OCH3 is 1. The van der Waals surface area contributed by atoms with Gasteiger partial charge in [0.2, 0.25) is 0 Å². The van der Waals surface area contributed by atoms with Gasteiger partial charge in [-0.1, -0.05) is 11.6 Å². The number of ether oxygens (including phenoxy) is 1. The quantitative estimate of drug-likeness (QED) is 0.737. The molecule has 2 rings (SSSR count). The summed E-state index contributed by atoms with van der Waals surface area (Å²) in [4.78, 5) is 11.2. The smallest absolute Gasteiger partial charge is 0.360 e. The van der Waals surface area contributed by atoms with E-state index in [2.05, 4.69) is 14.9 Å². The average molecular weight is 259 g/mol. The minimum atomic E-state index is -0.868. The predicted octanol–water partition coefficient (Wildman–Crippen LogP) is 2.35. The van der Waals surface area contributed by atoms with Crippen LogP contribution in [0.3, 0.4) is 0 Å². The maximum atomic E-state index is 13.5. The van der Waals surface area contributed by atoms with Crippen molar-refractivity contribution in [3.8, 4) is 0 Å². The number of carbonyl (C=O) groups excluding carboxylic acids is 1. The minimum absolute atomic E-state index is 0.290. The Kier molecular flexibility index (Phi) is 2.89. The van der Waals surface area contributed by atoms with Gasteiger partial charge in [-0.2, -0.15) is 0 Å². The van der Waals surface area contributed by atoms with E-state index in [1.54, 1.807) is 0 Å².